The number of amidine groups is 1. The third-order valence-electron chi connectivity index (χ3n) is 6.13. The van der Waals surface area contributed by atoms with Gasteiger partial charge in [-0.1, -0.05) is 6.92 Å². The number of carbonyl (C=O) groups is 1. The summed E-state index contributed by atoms with van der Waals surface area (Å²) < 4.78 is 26.4. The van der Waals surface area contributed by atoms with Crippen molar-refractivity contribution in [2.24, 2.45) is 10.9 Å². The first-order valence-corrected chi connectivity index (χ1v) is 10.7. The van der Waals surface area contributed by atoms with Crippen LogP contribution in [-0.2, 0) is 4.79 Å². The van der Waals surface area contributed by atoms with E-state index in [0.29, 0.717) is 25.2 Å². The molecule has 1 fully saturated rings. The number of nitrogens with zero attached hydrogens (tertiary/aromatic N) is 4. The zero-order valence-corrected chi connectivity index (χ0v) is 17.8. The van der Waals surface area contributed by atoms with E-state index < -0.39 is 30.3 Å². The van der Waals surface area contributed by atoms with Crippen LogP contribution in [0.5, 0.6) is 0 Å². The summed E-state index contributed by atoms with van der Waals surface area (Å²) in [6, 6.07) is 3.60. The molecule has 5 rings (SSSR count). The van der Waals surface area contributed by atoms with Crippen LogP contribution in [0, 0.1) is 12.8 Å². The molecule has 0 spiro atoms. The van der Waals surface area contributed by atoms with Gasteiger partial charge in [-0.25, -0.2) is 13.8 Å². The van der Waals surface area contributed by atoms with E-state index in [9.17, 15) is 18.7 Å². The quantitative estimate of drug-likeness (QED) is 0.743. The van der Waals surface area contributed by atoms with E-state index in [0.717, 1.165) is 33.8 Å². The summed E-state index contributed by atoms with van der Waals surface area (Å²) in [5, 5.41) is 12.6. The molecule has 2 aromatic heterocycles. The van der Waals surface area contributed by atoms with Gasteiger partial charge in [0.25, 0.3) is 5.92 Å². The monoisotopic (exact) mass is 439 g/mol. The molecule has 2 aromatic rings. The first-order chi connectivity index (χ1) is 15.3. The minimum Gasteiger partial charge on any atom is -0.387 e. The molecule has 9 heteroatoms. The Bertz CT molecular complexity index is 1180. The minimum atomic E-state index is -2.92. The van der Waals surface area contributed by atoms with Gasteiger partial charge in [-0.05, 0) is 31.1 Å². The van der Waals surface area contributed by atoms with Gasteiger partial charge in [0.05, 0.1) is 24.0 Å². The lowest BCUT2D eigenvalue weighted by Gasteiger charge is -2.29. The molecule has 7 nitrogen and oxygen atoms in total. The summed E-state index contributed by atoms with van der Waals surface area (Å²) >= 11 is 0. The van der Waals surface area contributed by atoms with Crippen LogP contribution in [0.4, 0.5) is 20.3 Å². The van der Waals surface area contributed by atoms with Crippen LogP contribution in [0.2, 0.25) is 0 Å². The topological polar surface area (TPSA) is 90.7 Å². The zero-order valence-electron chi connectivity index (χ0n) is 17.8. The molecular weight excluding hydrogens is 416 g/mol. The molecule has 2 N–H and O–H groups in total. The number of alkyl halides is 2. The fraction of sp³-hybridized carbons (Fsp3) is 0.391. The Kier molecular flexibility index (Phi) is 4.81. The van der Waals surface area contributed by atoms with Crippen LogP contribution in [-0.4, -0.2) is 45.8 Å². The molecule has 2 aliphatic heterocycles. The third-order valence-corrected chi connectivity index (χ3v) is 6.13. The highest BCUT2D eigenvalue weighted by Gasteiger charge is 2.61. The lowest BCUT2D eigenvalue weighted by Crippen LogP contribution is -2.31. The number of pyridine rings is 2. The zero-order chi connectivity index (χ0) is 22.6. The molecule has 3 aliphatic rings. The van der Waals surface area contributed by atoms with E-state index in [1.807, 2.05) is 30.9 Å². The van der Waals surface area contributed by atoms with Crippen molar-refractivity contribution < 1.29 is 18.7 Å². The van der Waals surface area contributed by atoms with Crippen molar-refractivity contribution in [3.63, 3.8) is 0 Å². The predicted octanol–water partition coefficient (Wildman–Crippen LogP) is 3.59. The number of nitrogens with one attached hydrogen (secondary N) is 1. The summed E-state index contributed by atoms with van der Waals surface area (Å²) in [6.45, 7) is 5.16. The smallest absolute Gasteiger partial charge is 0.260 e. The maximum absolute atomic E-state index is 13.2. The number of anilines is 2. The van der Waals surface area contributed by atoms with Gasteiger partial charge < -0.3 is 15.3 Å². The van der Waals surface area contributed by atoms with E-state index in [2.05, 4.69) is 20.3 Å². The summed E-state index contributed by atoms with van der Waals surface area (Å²) in [6.07, 6.45) is 4.94. The first-order valence-electron chi connectivity index (χ1n) is 10.7. The maximum atomic E-state index is 13.2. The number of hydrogen-bond donors (Lipinski definition) is 2. The number of aliphatic hydroxyl groups is 1. The number of aliphatic imine (C=N–C) groups is 1. The molecule has 2 atom stereocenters. The molecule has 1 unspecified atom stereocenters. The number of halogens is 2. The largest absolute Gasteiger partial charge is 0.387 e. The molecule has 0 radical (unpaired) electrons. The van der Waals surface area contributed by atoms with E-state index in [1.54, 1.807) is 18.5 Å². The summed E-state index contributed by atoms with van der Waals surface area (Å²) in [5.74, 6) is -3.86. The van der Waals surface area contributed by atoms with Crippen molar-refractivity contribution in [1.82, 2.24) is 9.97 Å². The van der Waals surface area contributed by atoms with E-state index in [1.165, 1.54) is 0 Å². The summed E-state index contributed by atoms with van der Waals surface area (Å²) in [5.41, 5.74) is 5.11. The molecule has 0 bridgehead atoms. The van der Waals surface area contributed by atoms with E-state index in [-0.39, 0.29) is 5.82 Å². The molecule has 0 aromatic carbocycles. The number of aryl methyl sites for hydroxylation is 1. The van der Waals surface area contributed by atoms with Gasteiger partial charge in [0, 0.05) is 48.1 Å². The van der Waals surface area contributed by atoms with Crippen LogP contribution in [0.25, 0.3) is 11.6 Å². The fourth-order valence-electron chi connectivity index (χ4n) is 4.16. The Morgan fingerprint density at radius 3 is 2.81 bits per heavy atom. The number of carbonyl (C=O) groups excluding carboxylic acids is 1. The number of aromatic nitrogens is 2. The first kappa shape index (κ1) is 20.7. The molecule has 166 valence electrons. The third kappa shape index (κ3) is 3.46. The highest BCUT2D eigenvalue weighted by molar-refractivity contribution is 6.36. The van der Waals surface area contributed by atoms with Crippen molar-refractivity contribution in [2.75, 3.05) is 23.3 Å². The Morgan fingerprint density at radius 2 is 2.12 bits per heavy atom. The van der Waals surface area contributed by atoms with E-state index in [4.69, 9.17) is 0 Å². The van der Waals surface area contributed by atoms with Gasteiger partial charge in [0.15, 0.2) is 0 Å². The Morgan fingerprint density at radius 1 is 1.34 bits per heavy atom. The maximum Gasteiger partial charge on any atom is 0.260 e. The van der Waals surface area contributed by atoms with Crippen LogP contribution >= 0.6 is 0 Å². The second-order valence-electron chi connectivity index (χ2n) is 8.40. The van der Waals surface area contributed by atoms with Gasteiger partial charge in [-0.2, -0.15) is 0 Å². The van der Waals surface area contributed by atoms with Gasteiger partial charge in [-0.3, -0.25) is 14.8 Å². The molecule has 1 saturated carbocycles. The van der Waals surface area contributed by atoms with Gasteiger partial charge >= 0.3 is 0 Å². The second-order valence-corrected chi connectivity index (χ2v) is 8.40. The van der Waals surface area contributed by atoms with Crippen LogP contribution in [0.3, 0.4) is 0 Å². The van der Waals surface area contributed by atoms with Crippen LogP contribution < -0.4 is 10.2 Å². The number of hydrogen-bond acceptors (Lipinski definition) is 6. The lowest BCUT2D eigenvalue weighted by molar-refractivity contribution is -0.119. The number of rotatable bonds is 5. The van der Waals surface area contributed by atoms with Crippen molar-refractivity contribution in [3.8, 4) is 0 Å². The molecule has 1 aliphatic carbocycles. The van der Waals surface area contributed by atoms with Gasteiger partial charge in [0.1, 0.15) is 17.6 Å². The van der Waals surface area contributed by atoms with Crippen LogP contribution in [0.15, 0.2) is 29.5 Å². The van der Waals surface area contributed by atoms with Gasteiger partial charge in [-0.15, -0.1) is 0 Å². The number of fused-ring (bicyclic) bond motifs is 3. The number of aliphatic hydroxyl groups excluding tert-OH is 1. The van der Waals surface area contributed by atoms with Crippen molar-refractivity contribution in [2.45, 2.75) is 38.7 Å². The molecule has 4 heterocycles. The SMILES string of the molecule is CC[C@H](O)c1cc(C)c(C2=Cc3cnc(NC(=O)C4CC4(F)F)cc3N3CCN=C23)cn1. The normalized spacial score (nSPS) is 21.3. The summed E-state index contributed by atoms with van der Waals surface area (Å²) in [7, 11) is 0. The average molecular weight is 439 g/mol. The Balaban J connectivity index is 1.48. The van der Waals surface area contributed by atoms with Crippen molar-refractivity contribution in [1.29, 1.82) is 0 Å². The fourth-order valence-corrected chi connectivity index (χ4v) is 4.16. The molecular formula is C23H23F2N5O2. The van der Waals surface area contributed by atoms with Gasteiger partial charge in [0.2, 0.25) is 5.91 Å². The highest BCUT2D eigenvalue weighted by Crippen LogP contribution is 2.49. The summed E-state index contributed by atoms with van der Waals surface area (Å²) in [4.78, 5) is 27.5. The standard InChI is InChI=1S/C23H23F2N5O2/c1-3-19(31)17-6-12(2)15(11-27-17)14-7-13-10-28-20(29-22(32)16-9-23(16,24)25)8-18(13)30-5-4-26-21(14)30/h6-8,10-11,16,19,31H,3-5,9H2,1-2H3,(H,28,29,32)/t16?,19-/m0/s1. The van der Waals surface area contributed by atoms with Crippen molar-refractivity contribution >= 4 is 34.9 Å². The second kappa shape index (κ2) is 7.44. The van der Waals surface area contributed by atoms with Crippen molar-refractivity contribution in [3.05, 3.63) is 46.9 Å². The minimum absolute atomic E-state index is 0.246. The highest BCUT2D eigenvalue weighted by atomic mass is 19.3. The number of amides is 1. The molecule has 1 amide bonds. The molecule has 32 heavy (non-hydrogen) atoms. The lowest BCUT2D eigenvalue weighted by atomic mass is 9.94. The average Bonchev–Trinajstić information content (AvgIpc) is 3.18. The molecule has 0 saturated heterocycles. The van der Waals surface area contributed by atoms with Crippen LogP contribution in [0.1, 0.15) is 48.3 Å². The van der Waals surface area contributed by atoms with E-state index >= 15 is 0 Å². The predicted molar refractivity (Wildman–Crippen MR) is 118 cm³/mol. The Labute approximate surface area is 183 Å². The Hall–Kier alpha value is -3.20.